The molecule has 88 valence electrons. The van der Waals surface area contributed by atoms with Crippen LogP contribution in [0.1, 0.15) is 15.9 Å². The second-order valence-corrected chi connectivity index (χ2v) is 3.69. The van der Waals surface area contributed by atoms with Crippen LogP contribution in [0.15, 0.2) is 42.7 Å². The molecule has 4 nitrogen and oxygen atoms in total. The fourth-order valence-corrected chi connectivity index (χ4v) is 1.70. The van der Waals surface area contributed by atoms with Gasteiger partial charge in [0.15, 0.2) is 0 Å². The highest BCUT2D eigenvalue weighted by Gasteiger charge is 2.06. The van der Waals surface area contributed by atoms with Crippen molar-refractivity contribution >= 4 is 5.97 Å². The number of rotatable bonds is 4. The molecule has 0 bridgehead atoms. The van der Waals surface area contributed by atoms with Crippen molar-refractivity contribution in [1.82, 2.24) is 4.57 Å². The van der Waals surface area contributed by atoms with Gasteiger partial charge in [-0.1, -0.05) is 18.2 Å². The largest absolute Gasteiger partial charge is 0.496 e. The van der Waals surface area contributed by atoms with Crippen LogP contribution < -0.4 is 4.74 Å². The van der Waals surface area contributed by atoms with Gasteiger partial charge in [-0.25, -0.2) is 4.79 Å². The van der Waals surface area contributed by atoms with Crippen LogP contribution in [0.5, 0.6) is 5.75 Å². The first kappa shape index (κ1) is 11.3. The van der Waals surface area contributed by atoms with E-state index in [4.69, 9.17) is 9.84 Å². The minimum Gasteiger partial charge on any atom is -0.496 e. The highest BCUT2D eigenvalue weighted by Crippen LogP contribution is 2.18. The van der Waals surface area contributed by atoms with Crippen LogP contribution in [0.25, 0.3) is 0 Å². The Morgan fingerprint density at radius 2 is 2.12 bits per heavy atom. The first-order chi connectivity index (χ1) is 8.20. The lowest BCUT2D eigenvalue weighted by Gasteiger charge is -2.08. The number of methoxy groups -OCH3 is 1. The lowest BCUT2D eigenvalue weighted by atomic mass is 10.2. The van der Waals surface area contributed by atoms with E-state index < -0.39 is 5.97 Å². The summed E-state index contributed by atoms with van der Waals surface area (Å²) < 4.78 is 7.06. The molecule has 1 N–H and O–H groups in total. The Labute approximate surface area is 99.1 Å². The van der Waals surface area contributed by atoms with E-state index in [1.807, 2.05) is 28.8 Å². The number of para-hydroxylation sites is 1. The van der Waals surface area contributed by atoms with Crippen molar-refractivity contribution < 1.29 is 14.6 Å². The lowest BCUT2D eigenvalue weighted by Crippen LogP contribution is -2.00. The average Bonchev–Trinajstić information content (AvgIpc) is 2.78. The number of benzene rings is 1. The van der Waals surface area contributed by atoms with Crippen molar-refractivity contribution in [2.24, 2.45) is 0 Å². The van der Waals surface area contributed by atoms with Gasteiger partial charge in [-0.3, -0.25) is 0 Å². The number of aromatic nitrogens is 1. The topological polar surface area (TPSA) is 51.5 Å². The van der Waals surface area contributed by atoms with Gasteiger partial charge in [0.2, 0.25) is 0 Å². The summed E-state index contributed by atoms with van der Waals surface area (Å²) in [5.74, 6) is -0.109. The Kier molecular flexibility index (Phi) is 3.14. The summed E-state index contributed by atoms with van der Waals surface area (Å²) in [6.07, 6.45) is 3.35. The first-order valence-corrected chi connectivity index (χ1v) is 5.21. The van der Waals surface area contributed by atoms with Gasteiger partial charge in [-0.2, -0.15) is 0 Å². The number of hydrogen-bond donors (Lipinski definition) is 1. The summed E-state index contributed by atoms with van der Waals surface area (Å²) >= 11 is 0. The zero-order valence-corrected chi connectivity index (χ0v) is 9.46. The van der Waals surface area contributed by atoms with Crippen molar-refractivity contribution in [3.63, 3.8) is 0 Å². The second kappa shape index (κ2) is 4.74. The first-order valence-electron chi connectivity index (χ1n) is 5.21. The van der Waals surface area contributed by atoms with Crippen LogP contribution in [-0.2, 0) is 6.54 Å². The molecule has 0 aliphatic carbocycles. The third kappa shape index (κ3) is 2.47. The highest BCUT2D eigenvalue weighted by molar-refractivity contribution is 5.87. The Morgan fingerprint density at radius 1 is 1.35 bits per heavy atom. The van der Waals surface area contributed by atoms with Crippen molar-refractivity contribution in [2.45, 2.75) is 6.54 Å². The minimum absolute atomic E-state index is 0.292. The Morgan fingerprint density at radius 3 is 2.76 bits per heavy atom. The van der Waals surface area contributed by atoms with E-state index in [0.717, 1.165) is 11.3 Å². The second-order valence-electron chi connectivity index (χ2n) is 3.69. The molecule has 0 spiro atoms. The van der Waals surface area contributed by atoms with Gasteiger partial charge in [0.25, 0.3) is 0 Å². The summed E-state index contributed by atoms with van der Waals surface area (Å²) in [5, 5.41) is 8.83. The maximum atomic E-state index is 10.8. The fourth-order valence-electron chi connectivity index (χ4n) is 1.70. The minimum atomic E-state index is -0.913. The van der Waals surface area contributed by atoms with E-state index in [9.17, 15) is 4.79 Å². The fraction of sp³-hybridized carbons (Fsp3) is 0.154. The number of carboxylic acids is 1. The zero-order chi connectivity index (χ0) is 12.3. The summed E-state index contributed by atoms with van der Waals surface area (Å²) in [5.41, 5.74) is 1.31. The van der Waals surface area contributed by atoms with Crippen molar-refractivity contribution in [3.05, 3.63) is 53.9 Å². The van der Waals surface area contributed by atoms with E-state index in [2.05, 4.69) is 0 Å². The van der Waals surface area contributed by atoms with E-state index in [1.54, 1.807) is 25.6 Å². The summed E-state index contributed by atoms with van der Waals surface area (Å²) in [6.45, 7) is 0.595. The molecule has 0 fully saturated rings. The molecule has 0 amide bonds. The Hall–Kier alpha value is -2.23. The molecule has 0 saturated carbocycles. The van der Waals surface area contributed by atoms with Gasteiger partial charge in [0, 0.05) is 18.0 Å². The maximum Gasteiger partial charge on any atom is 0.337 e. The summed E-state index contributed by atoms with van der Waals surface area (Å²) in [7, 11) is 1.62. The van der Waals surface area contributed by atoms with Crippen LogP contribution >= 0.6 is 0 Å². The average molecular weight is 231 g/mol. The summed E-state index contributed by atoms with van der Waals surface area (Å²) in [6, 6.07) is 9.26. The molecule has 1 aromatic heterocycles. The Bertz CT molecular complexity index is 531. The van der Waals surface area contributed by atoms with Crippen LogP contribution in [0.4, 0.5) is 0 Å². The molecule has 2 rings (SSSR count). The quantitative estimate of drug-likeness (QED) is 0.878. The molecule has 2 aromatic rings. The van der Waals surface area contributed by atoms with Gasteiger partial charge >= 0.3 is 5.97 Å². The molecule has 0 atom stereocenters. The molecule has 17 heavy (non-hydrogen) atoms. The molecule has 0 radical (unpaired) electrons. The lowest BCUT2D eigenvalue weighted by molar-refractivity contribution is 0.0697. The highest BCUT2D eigenvalue weighted by atomic mass is 16.5. The molecular formula is C13H13NO3. The number of aromatic carboxylic acids is 1. The maximum absolute atomic E-state index is 10.8. The molecule has 0 unspecified atom stereocenters. The number of ether oxygens (including phenoxy) is 1. The molecule has 0 aliphatic heterocycles. The Balaban J connectivity index is 2.22. The zero-order valence-electron chi connectivity index (χ0n) is 9.46. The molecule has 1 aromatic carbocycles. The normalized spacial score (nSPS) is 10.2. The van der Waals surface area contributed by atoms with Gasteiger partial charge < -0.3 is 14.4 Å². The van der Waals surface area contributed by atoms with E-state index >= 15 is 0 Å². The van der Waals surface area contributed by atoms with Crippen LogP contribution in [0.3, 0.4) is 0 Å². The molecule has 1 heterocycles. The molecule has 0 aliphatic rings. The third-order valence-electron chi connectivity index (χ3n) is 2.54. The number of nitrogens with zero attached hydrogens (tertiary/aromatic N) is 1. The van der Waals surface area contributed by atoms with Gasteiger partial charge in [0.1, 0.15) is 5.75 Å². The monoisotopic (exact) mass is 231 g/mol. The van der Waals surface area contributed by atoms with E-state index in [-0.39, 0.29) is 0 Å². The predicted octanol–water partition coefficient (Wildman–Crippen LogP) is 2.24. The van der Waals surface area contributed by atoms with Crippen LogP contribution in [-0.4, -0.2) is 22.8 Å². The standard InChI is InChI=1S/C13H13NO3/c1-17-12-5-3-2-4-10(12)8-14-7-6-11(9-14)13(15)16/h2-7,9H,8H2,1H3,(H,15,16). The van der Waals surface area contributed by atoms with Crippen molar-refractivity contribution in [2.75, 3.05) is 7.11 Å². The van der Waals surface area contributed by atoms with E-state index in [0.29, 0.717) is 12.1 Å². The van der Waals surface area contributed by atoms with Crippen LogP contribution in [0, 0.1) is 0 Å². The predicted molar refractivity (Wildman–Crippen MR) is 63.5 cm³/mol. The van der Waals surface area contributed by atoms with Crippen LogP contribution in [0.2, 0.25) is 0 Å². The SMILES string of the molecule is COc1ccccc1Cn1ccc(C(=O)O)c1. The van der Waals surface area contributed by atoms with Gasteiger partial charge in [-0.15, -0.1) is 0 Å². The summed E-state index contributed by atoms with van der Waals surface area (Å²) in [4.78, 5) is 10.8. The molecule has 0 saturated heterocycles. The molecule has 4 heteroatoms. The van der Waals surface area contributed by atoms with Gasteiger partial charge in [-0.05, 0) is 12.1 Å². The number of carbonyl (C=O) groups is 1. The van der Waals surface area contributed by atoms with Crippen molar-refractivity contribution in [1.29, 1.82) is 0 Å². The van der Waals surface area contributed by atoms with Crippen molar-refractivity contribution in [3.8, 4) is 5.75 Å². The smallest absolute Gasteiger partial charge is 0.337 e. The molecular weight excluding hydrogens is 218 g/mol. The number of carboxylic acid groups (broad SMARTS) is 1. The third-order valence-corrected chi connectivity index (χ3v) is 2.54. The van der Waals surface area contributed by atoms with E-state index in [1.165, 1.54) is 0 Å². The number of hydrogen-bond acceptors (Lipinski definition) is 2. The van der Waals surface area contributed by atoms with Gasteiger partial charge in [0.05, 0.1) is 19.2 Å².